The van der Waals surface area contributed by atoms with E-state index in [-0.39, 0.29) is 5.91 Å². The highest BCUT2D eigenvalue weighted by molar-refractivity contribution is 5.93. The molecule has 27 heavy (non-hydrogen) atoms. The van der Waals surface area contributed by atoms with Crippen molar-refractivity contribution >= 4 is 17.5 Å². The molecule has 0 saturated carbocycles. The van der Waals surface area contributed by atoms with E-state index in [1.807, 2.05) is 59.5 Å². The van der Waals surface area contributed by atoms with Crippen LogP contribution in [0.4, 0.5) is 11.6 Å². The van der Waals surface area contributed by atoms with E-state index in [1.165, 1.54) is 0 Å². The largest absolute Gasteiger partial charge is 0.457 e. The Morgan fingerprint density at radius 2 is 1.52 bits per heavy atom. The summed E-state index contributed by atoms with van der Waals surface area (Å²) in [4.78, 5) is 22.7. The molecule has 3 aromatic rings. The van der Waals surface area contributed by atoms with Gasteiger partial charge >= 0.3 is 0 Å². The molecule has 4 rings (SSSR count). The maximum Gasteiger partial charge on any atom is 0.256 e. The molecule has 6 nitrogen and oxygen atoms in total. The molecule has 2 heterocycles. The third kappa shape index (κ3) is 4.23. The molecule has 1 amide bonds. The number of hydrogen-bond acceptors (Lipinski definition) is 5. The van der Waals surface area contributed by atoms with Crippen molar-refractivity contribution in [2.45, 2.75) is 12.8 Å². The van der Waals surface area contributed by atoms with Gasteiger partial charge in [0.05, 0.1) is 5.56 Å². The van der Waals surface area contributed by atoms with Crippen LogP contribution in [0.25, 0.3) is 0 Å². The molecule has 1 aliphatic heterocycles. The van der Waals surface area contributed by atoms with Gasteiger partial charge in [-0.15, -0.1) is 0 Å². The SMILES string of the molecule is O=C(c1cnc(Nc2ccc(Oc3ccccc3)cc2)nc1)N1CCCC1. The average molecular weight is 360 g/mol. The summed E-state index contributed by atoms with van der Waals surface area (Å²) in [6, 6.07) is 17.2. The summed E-state index contributed by atoms with van der Waals surface area (Å²) in [5.74, 6) is 1.99. The van der Waals surface area contributed by atoms with Crippen LogP contribution >= 0.6 is 0 Å². The van der Waals surface area contributed by atoms with Crippen LogP contribution < -0.4 is 10.1 Å². The zero-order valence-electron chi connectivity index (χ0n) is 14.8. The molecule has 1 fully saturated rings. The summed E-state index contributed by atoms with van der Waals surface area (Å²) in [6.07, 6.45) is 5.28. The van der Waals surface area contributed by atoms with Gasteiger partial charge in [-0.3, -0.25) is 4.79 Å². The number of rotatable bonds is 5. The summed E-state index contributed by atoms with van der Waals surface area (Å²) in [5, 5.41) is 3.13. The van der Waals surface area contributed by atoms with Crippen molar-refractivity contribution in [2.75, 3.05) is 18.4 Å². The predicted octanol–water partition coefficient (Wildman–Crippen LogP) is 4.25. The highest BCUT2D eigenvalue weighted by atomic mass is 16.5. The van der Waals surface area contributed by atoms with E-state index < -0.39 is 0 Å². The fourth-order valence-electron chi connectivity index (χ4n) is 2.97. The Bertz CT molecular complexity index is 890. The number of amides is 1. The van der Waals surface area contributed by atoms with Crippen molar-refractivity contribution < 1.29 is 9.53 Å². The predicted molar refractivity (Wildman–Crippen MR) is 103 cm³/mol. The van der Waals surface area contributed by atoms with Crippen LogP contribution in [0.3, 0.4) is 0 Å². The summed E-state index contributed by atoms with van der Waals surface area (Å²) in [6.45, 7) is 1.63. The second-order valence-corrected chi connectivity index (χ2v) is 6.36. The van der Waals surface area contributed by atoms with Crippen molar-refractivity contribution in [3.05, 3.63) is 72.6 Å². The van der Waals surface area contributed by atoms with Gasteiger partial charge in [0.2, 0.25) is 5.95 Å². The summed E-state index contributed by atoms with van der Waals surface area (Å²) in [7, 11) is 0. The first-order chi connectivity index (χ1) is 13.3. The Morgan fingerprint density at radius 3 is 2.19 bits per heavy atom. The molecule has 0 bridgehead atoms. The van der Waals surface area contributed by atoms with Crippen LogP contribution in [0.1, 0.15) is 23.2 Å². The Kier molecular flexibility index (Phi) is 4.96. The number of benzene rings is 2. The molecule has 0 atom stereocenters. The minimum Gasteiger partial charge on any atom is -0.457 e. The first-order valence-electron chi connectivity index (χ1n) is 8.99. The van der Waals surface area contributed by atoms with Crippen molar-refractivity contribution in [3.8, 4) is 11.5 Å². The average Bonchev–Trinajstić information content (AvgIpc) is 3.25. The minimum absolute atomic E-state index is 0.00136. The molecule has 1 saturated heterocycles. The number of nitrogens with one attached hydrogen (secondary N) is 1. The van der Waals surface area contributed by atoms with Crippen molar-refractivity contribution in [1.82, 2.24) is 14.9 Å². The second kappa shape index (κ2) is 7.86. The number of likely N-dealkylation sites (tertiary alicyclic amines) is 1. The monoisotopic (exact) mass is 360 g/mol. The quantitative estimate of drug-likeness (QED) is 0.737. The van der Waals surface area contributed by atoms with Gasteiger partial charge in [0.1, 0.15) is 11.5 Å². The van der Waals surface area contributed by atoms with Gasteiger partial charge < -0.3 is 15.0 Å². The molecule has 0 spiro atoms. The number of hydrogen-bond donors (Lipinski definition) is 1. The number of para-hydroxylation sites is 1. The maximum atomic E-state index is 12.3. The van der Waals surface area contributed by atoms with Crippen LogP contribution in [-0.2, 0) is 0 Å². The van der Waals surface area contributed by atoms with Crippen LogP contribution in [0, 0.1) is 0 Å². The van der Waals surface area contributed by atoms with Crippen molar-refractivity contribution in [1.29, 1.82) is 0 Å². The highest BCUT2D eigenvalue weighted by Gasteiger charge is 2.19. The third-order valence-corrected chi connectivity index (χ3v) is 4.38. The lowest BCUT2D eigenvalue weighted by molar-refractivity contribution is 0.0792. The topological polar surface area (TPSA) is 67.3 Å². The molecule has 1 N–H and O–H groups in total. The normalized spacial score (nSPS) is 13.4. The van der Waals surface area contributed by atoms with E-state index in [9.17, 15) is 4.79 Å². The van der Waals surface area contributed by atoms with Gasteiger partial charge in [-0.2, -0.15) is 0 Å². The molecule has 2 aromatic carbocycles. The number of nitrogens with zero attached hydrogens (tertiary/aromatic N) is 3. The zero-order chi connectivity index (χ0) is 18.5. The first kappa shape index (κ1) is 17.0. The van der Waals surface area contributed by atoms with Gasteiger partial charge in [0.25, 0.3) is 5.91 Å². The van der Waals surface area contributed by atoms with E-state index in [4.69, 9.17) is 4.74 Å². The number of ether oxygens (including phenoxy) is 1. The van der Waals surface area contributed by atoms with Crippen LogP contribution in [0.15, 0.2) is 67.0 Å². The Balaban J connectivity index is 1.38. The maximum absolute atomic E-state index is 12.3. The van der Waals surface area contributed by atoms with Crippen LogP contribution in [0.2, 0.25) is 0 Å². The lowest BCUT2D eigenvalue weighted by Gasteiger charge is -2.14. The third-order valence-electron chi connectivity index (χ3n) is 4.38. The van der Waals surface area contributed by atoms with E-state index in [2.05, 4.69) is 15.3 Å². The Morgan fingerprint density at radius 1 is 0.889 bits per heavy atom. The van der Waals surface area contributed by atoms with E-state index >= 15 is 0 Å². The fourth-order valence-corrected chi connectivity index (χ4v) is 2.97. The first-order valence-corrected chi connectivity index (χ1v) is 8.99. The van der Waals surface area contributed by atoms with Crippen molar-refractivity contribution in [3.63, 3.8) is 0 Å². The van der Waals surface area contributed by atoms with Crippen LogP contribution in [-0.4, -0.2) is 33.9 Å². The van der Waals surface area contributed by atoms with Crippen LogP contribution in [0.5, 0.6) is 11.5 Å². The smallest absolute Gasteiger partial charge is 0.256 e. The van der Waals surface area contributed by atoms with E-state index in [0.29, 0.717) is 11.5 Å². The van der Waals surface area contributed by atoms with E-state index in [0.717, 1.165) is 43.1 Å². The molecule has 1 aliphatic rings. The molecule has 1 aromatic heterocycles. The molecule has 0 unspecified atom stereocenters. The molecule has 136 valence electrons. The molecular formula is C21H20N4O2. The van der Waals surface area contributed by atoms with Gasteiger partial charge in [0, 0.05) is 31.2 Å². The Hall–Kier alpha value is -3.41. The number of carbonyl (C=O) groups is 1. The number of anilines is 2. The van der Waals surface area contributed by atoms with Gasteiger partial charge in [-0.25, -0.2) is 9.97 Å². The van der Waals surface area contributed by atoms with E-state index in [1.54, 1.807) is 12.4 Å². The summed E-state index contributed by atoms with van der Waals surface area (Å²) < 4.78 is 5.77. The summed E-state index contributed by atoms with van der Waals surface area (Å²) in [5.41, 5.74) is 1.36. The summed E-state index contributed by atoms with van der Waals surface area (Å²) >= 11 is 0. The molecular weight excluding hydrogens is 340 g/mol. The minimum atomic E-state index is 0.00136. The lowest BCUT2D eigenvalue weighted by Crippen LogP contribution is -2.27. The molecule has 6 heteroatoms. The number of aromatic nitrogens is 2. The van der Waals surface area contributed by atoms with Crippen molar-refractivity contribution in [2.24, 2.45) is 0 Å². The van der Waals surface area contributed by atoms with Gasteiger partial charge in [-0.05, 0) is 49.2 Å². The highest BCUT2D eigenvalue weighted by Crippen LogP contribution is 2.23. The standard InChI is InChI=1S/C21H20N4O2/c26-20(25-12-4-5-13-25)16-14-22-21(23-15-16)24-17-8-10-19(11-9-17)27-18-6-2-1-3-7-18/h1-3,6-11,14-15H,4-5,12-13H2,(H,22,23,24). The number of carbonyl (C=O) groups excluding carboxylic acids is 1. The van der Waals surface area contributed by atoms with Gasteiger partial charge in [-0.1, -0.05) is 18.2 Å². The Labute approximate surface area is 157 Å². The lowest BCUT2D eigenvalue weighted by atomic mass is 10.3. The fraction of sp³-hybridized carbons (Fsp3) is 0.190. The molecule has 0 aliphatic carbocycles. The van der Waals surface area contributed by atoms with Gasteiger partial charge in [0.15, 0.2) is 0 Å². The zero-order valence-corrected chi connectivity index (χ0v) is 14.8. The molecule has 0 radical (unpaired) electrons. The second-order valence-electron chi connectivity index (χ2n) is 6.36.